The molecule has 13 rings (SSSR count). The van der Waals surface area contributed by atoms with E-state index in [1.807, 2.05) is 0 Å². The lowest BCUT2D eigenvalue weighted by Gasteiger charge is -2.46. The normalized spacial score (nSPS) is 17.3. The van der Waals surface area contributed by atoms with Crippen molar-refractivity contribution in [3.8, 4) is 0 Å². The maximum Gasteiger partial charge on any atom is 0.252 e. The van der Waals surface area contributed by atoms with E-state index in [0.29, 0.717) is 5.92 Å². The lowest BCUT2D eigenvalue weighted by atomic mass is 9.33. The minimum Gasteiger partial charge on any atom is -0.311 e. The molecule has 8 aromatic carbocycles. The van der Waals surface area contributed by atoms with Crippen LogP contribution in [0, 0.1) is 0 Å². The highest BCUT2D eigenvalue weighted by Crippen LogP contribution is 2.51. The van der Waals surface area contributed by atoms with Crippen molar-refractivity contribution in [1.82, 2.24) is 0 Å². The highest BCUT2D eigenvalue weighted by atomic mass is 15.2. The van der Waals surface area contributed by atoms with Crippen LogP contribution in [0.5, 0.6) is 0 Å². The molecule has 272 valence electrons. The largest absolute Gasteiger partial charge is 0.311 e. The van der Waals surface area contributed by atoms with Gasteiger partial charge in [-0.25, -0.2) is 0 Å². The number of hydrogen-bond acceptors (Lipinski definition) is 2. The zero-order valence-electron chi connectivity index (χ0n) is 32.3. The minimum absolute atomic E-state index is 0.102. The summed E-state index contributed by atoms with van der Waals surface area (Å²) in [5, 5.41) is 5.79. The van der Waals surface area contributed by atoms with Crippen LogP contribution in [-0.4, -0.2) is 6.71 Å². The summed E-state index contributed by atoms with van der Waals surface area (Å²) < 4.78 is 0. The number of benzene rings is 8. The van der Waals surface area contributed by atoms with Gasteiger partial charge in [-0.05, 0) is 160 Å². The summed E-state index contributed by atoms with van der Waals surface area (Å²) in [7, 11) is 0. The van der Waals surface area contributed by atoms with Gasteiger partial charge in [-0.15, -0.1) is 0 Å². The van der Waals surface area contributed by atoms with Gasteiger partial charge in [0.1, 0.15) is 0 Å². The summed E-state index contributed by atoms with van der Waals surface area (Å²) in [5.41, 5.74) is 22.7. The van der Waals surface area contributed by atoms with Crippen molar-refractivity contribution in [2.45, 2.75) is 63.7 Å². The zero-order valence-corrected chi connectivity index (χ0v) is 32.3. The molecule has 0 saturated heterocycles. The average molecular weight is 731 g/mol. The van der Waals surface area contributed by atoms with Crippen LogP contribution in [0.25, 0.3) is 21.5 Å². The third-order valence-corrected chi connectivity index (χ3v) is 14.2. The van der Waals surface area contributed by atoms with Gasteiger partial charge in [0.15, 0.2) is 0 Å². The number of aryl methyl sites for hydroxylation is 5. The maximum atomic E-state index is 2.68. The van der Waals surface area contributed by atoms with Crippen LogP contribution in [0.3, 0.4) is 0 Å². The second-order valence-electron chi connectivity index (χ2n) is 17.2. The molecule has 0 aromatic heterocycles. The molecule has 8 aromatic rings. The molecular weight excluding hydrogens is 687 g/mol. The first-order chi connectivity index (χ1) is 28.3. The molecule has 1 atom stereocenters. The lowest BCUT2D eigenvalue weighted by Crippen LogP contribution is -2.61. The molecule has 0 radical (unpaired) electrons. The van der Waals surface area contributed by atoms with Gasteiger partial charge in [0, 0.05) is 50.8 Å². The number of hydrogen-bond donors (Lipinski definition) is 0. The molecule has 0 fully saturated rings. The Hall–Kier alpha value is -6.06. The van der Waals surface area contributed by atoms with Crippen molar-refractivity contribution in [1.29, 1.82) is 0 Å². The second kappa shape index (κ2) is 12.2. The quantitative estimate of drug-likeness (QED) is 0.167. The molecule has 57 heavy (non-hydrogen) atoms. The molecule has 2 heterocycles. The Kier molecular flexibility index (Phi) is 6.88. The van der Waals surface area contributed by atoms with Crippen molar-refractivity contribution in [2.24, 2.45) is 0 Å². The van der Waals surface area contributed by atoms with Gasteiger partial charge in [0.05, 0.1) is 0 Å². The Labute approximate surface area is 335 Å². The lowest BCUT2D eigenvalue weighted by molar-refractivity contribution is 0.616. The van der Waals surface area contributed by atoms with Gasteiger partial charge in [-0.1, -0.05) is 109 Å². The van der Waals surface area contributed by atoms with E-state index < -0.39 is 0 Å². The molecular formula is C54H43BN2. The van der Waals surface area contributed by atoms with Crippen molar-refractivity contribution in [3.05, 3.63) is 185 Å². The highest BCUT2D eigenvalue weighted by molar-refractivity contribution is 7.00. The first kappa shape index (κ1) is 32.1. The third-order valence-electron chi connectivity index (χ3n) is 14.2. The molecule has 2 nitrogen and oxygen atoms in total. The van der Waals surface area contributed by atoms with Crippen molar-refractivity contribution < 1.29 is 0 Å². The zero-order chi connectivity index (χ0) is 37.2. The Morgan fingerprint density at radius 3 is 1.51 bits per heavy atom. The molecule has 0 amide bonds. The fraction of sp³-hybridized carbons (Fsp3) is 0.185. The molecule has 0 N–H and O–H groups in total. The van der Waals surface area contributed by atoms with Crippen LogP contribution in [0.4, 0.5) is 34.1 Å². The summed E-state index contributed by atoms with van der Waals surface area (Å²) in [4.78, 5) is 5.36. The molecule has 3 heteroatoms. The van der Waals surface area contributed by atoms with Crippen molar-refractivity contribution in [3.63, 3.8) is 0 Å². The van der Waals surface area contributed by atoms with E-state index in [-0.39, 0.29) is 6.71 Å². The number of anilines is 6. The fourth-order valence-electron chi connectivity index (χ4n) is 12.0. The summed E-state index contributed by atoms with van der Waals surface area (Å²) in [5.74, 6) is 0.334. The van der Waals surface area contributed by atoms with Crippen LogP contribution in [0.2, 0.25) is 0 Å². The predicted octanol–water partition coefficient (Wildman–Crippen LogP) is 11.5. The van der Waals surface area contributed by atoms with E-state index >= 15 is 0 Å². The van der Waals surface area contributed by atoms with Gasteiger partial charge in [-0.2, -0.15) is 0 Å². The Bertz CT molecular complexity index is 2800. The summed E-state index contributed by atoms with van der Waals surface area (Å²) >= 11 is 0. The smallest absolute Gasteiger partial charge is 0.252 e. The van der Waals surface area contributed by atoms with E-state index in [0.717, 1.165) is 38.5 Å². The summed E-state index contributed by atoms with van der Waals surface area (Å²) in [6.07, 6.45) is 10.5. The summed E-state index contributed by atoms with van der Waals surface area (Å²) in [6, 6.07) is 56.7. The molecule has 2 aliphatic heterocycles. The SMILES string of the molecule is c1ccc(N2c3cc(C4CCCc5ccccc54)cc4c3B(c3cc5c6c(cccc6c32)CCC5)c2cc3c5c(cccc5c2N4c2ccccc2)CCC3)cc1. The fourth-order valence-corrected chi connectivity index (χ4v) is 12.0. The number of rotatable bonds is 3. The monoisotopic (exact) mass is 730 g/mol. The molecule has 5 aliphatic rings. The van der Waals surface area contributed by atoms with Gasteiger partial charge < -0.3 is 9.80 Å². The first-order valence-corrected chi connectivity index (χ1v) is 21.4. The van der Waals surface area contributed by atoms with E-state index in [1.54, 1.807) is 0 Å². The predicted molar refractivity (Wildman–Crippen MR) is 241 cm³/mol. The first-order valence-electron chi connectivity index (χ1n) is 21.4. The molecule has 1 unspecified atom stereocenters. The topological polar surface area (TPSA) is 6.48 Å². The molecule has 0 bridgehead atoms. The van der Waals surface area contributed by atoms with Crippen LogP contribution < -0.4 is 26.2 Å². The number of nitrogens with zero attached hydrogens (tertiary/aromatic N) is 2. The minimum atomic E-state index is 0.102. The van der Waals surface area contributed by atoms with Gasteiger partial charge >= 0.3 is 0 Å². The Morgan fingerprint density at radius 2 is 0.930 bits per heavy atom. The van der Waals surface area contributed by atoms with E-state index in [2.05, 4.69) is 155 Å². The Morgan fingerprint density at radius 1 is 0.439 bits per heavy atom. The second-order valence-corrected chi connectivity index (χ2v) is 17.2. The standard InChI is InChI=1S/C54H43BN2/c1-3-22-40(23-4-1)56-48-32-39(43-27-11-15-34-14-7-8-26-42(34)43)33-49-52(48)55(46-30-37-20-9-16-35-18-12-28-44(50(35)37)53(46)56)47-31-38-21-10-17-36-19-13-29-45(51(36)38)54(47)57(49)41-24-5-2-6-25-41/h1-8,12-14,18-19,22-26,28-33,43H,9-11,15-17,20-21,27H2. The van der Waals surface area contributed by atoms with Crippen molar-refractivity contribution >= 4 is 78.8 Å². The van der Waals surface area contributed by atoms with Gasteiger partial charge in [-0.3, -0.25) is 0 Å². The summed E-state index contributed by atoms with van der Waals surface area (Å²) in [6.45, 7) is 0.102. The molecule has 0 saturated carbocycles. The van der Waals surface area contributed by atoms with Crippen LogP contribution in [0.15, 0.2) is 146 Å². The maximum absolute atomic E-state index is 2.68. The number of para-hydroxylation sites is 2. The van der Waals surface area contributed by atoms with Crippen LogP contribution in [-0.2, 0) is 32.1 Å². The molecule has 3 aliphatic carbocycles. The van der Waals surface area contributed by atoms with Crippen molar-refractivity contribution in [2.75, 3.05) is 9.80 Å². The van der Waals surface area contributed by atoms with E-state index in [1.165, 1.54) is 130 Å². The van der Waals surface area contributed by atoms with Gasteiger partial charge in [0.25, 0.3) is 6.71 Å². The van der Waals surface area contributed by atoms with E-state index in [4.69, 9.17) is 0 Å². The average Bonchev–Trinajstić information content (AvgIpc) is 3.27. The van der Waals surface area contributed by atoms with Gasteiger partial charge in [0.2, 0.25) is 0 Å². The Balaban J connectivity index is 1.22. The van der Waals surface area contributed by atoms with Crippen LogP contribution >= 0.6 is 0 Å². The van der Waals surface area contributed by atoms with Crippen LogP contribution in [0.1, 0.15) is 70.5 Å². The molecule has 0 spiro atoms. The third kappa shape index (κ3) is 4.54. The van der Waals surface area contributed by atoms with E-state index in [9.17, 15) is 0 Å². The highest BCUT2D eigenvalue weighted by Gasteiger charge is 2.46. The number of fused-ring (bicyclic) bond motifs is 7.